The third-order valence-corrected chi connectivity index (χ3v) is 5.16. The van der Waals surface area contributed by atoms with Crippen LogP contribution in [0.5, 0.6) is 0 Å². The number of aliphatic hydroxyl groups excluding tert-OH is 1. The Bertz CT molecular complexity index is 916. The predicted octanol–water partition coefficient (Wildman–Crippen LogP) is 4.95. The van der Waals surface area contributed by atoms with Crippen LogP contribution in [-0.2, 0) is 0 Å². The first-order chi connectivity index (χ1) is 16.0. The SMILES string of the molecule is CC.CCCNc1nc(NC(=O)c2ccc(NSCCO)cc2N(C)CCC)ccc1C#N. The molecule has 1 amide bonds. The molecule has 0 saturated carbocycles. The second-order valence-corrected chi connectivity index (χ2v) is 7.81. The summed E-state index contributed by atoms with van der Waals surface area (Å²) in [7, 11) is 1.95. The van der Waals surface area contributed by atoms with Gasteiger partial charge in [0.15, 0.2) is 0 Å². The third kappa shape index (κ3) is 8.83. The molecule has 0 unspecified atom stereocenters. The van der Waals surface area contributed by atoms with Crippen molar-refractivity contribution in [2.75, 3.05) is 52.8 Å². The summed E-state index contributed by atoms with van der Waals surface area (Å²) in [6.45, 7) is 9.69. The maximum absolute atomic E-state index is 13.1. The highest BCUT2D eigenvalue weighted by Crippen LogP contribution is 2.27. The van der Waals surface area contributed by atoms with E-state index in [-0.39, 0.29) is 12.5 Å². The van der Waals surface area contributed by atoms with Crippen molar-refractivity contribution in [1.82, 2.24) is 4.98 Å². The highest BCUT2D eigenvalue weighted by molar-refractivity contribution is 8.00. The van der Waals surface area contributed by atoms with E-state index >= 15 is 0 Å². The van der Waals surface area contributed by atoms with Crippen LogP contribution in [-0.4, -0.2) is 48.5 Å². The zero-order valence-electron chi connectivity index (χ0n) is 20.2. The van der Waals surface area contributed by atoms with Crippen molar-refractivity contribution in [3.05, 3.63) is 41.5 Å². The van der Waals surface area contributed by atoms with Crippen LogP contribution in [0.15, 0.2) is 30.3 Å². The highest BCUT2D eigenvalue weighted by atomic mass is 32.2. The zero-order valence-corrected chi connectivity index (χ0v) is 21.1. The second-order valence-electron chi connectivity index (χ2n) is 6.91. The number of hydrogen-bond acceptors (Lipinski definition) is 8. The highest BCUT2D eigenvalue weighted by Gasteiger charge is 2.17. The van der Waals surface area contributed by atoms with Gasteiger partial charge in [-0.05, 0) is 43.2 Å². The number of nitriles is 1. The fourth-order valence-electron chi connectivity index (χ4n) is 2.92. The van der Waals surface area contributed by atoms with E-state index in [0.717, 1.165) is 30.8 Å². The normalized spacial score (nSPS) is 9.85. The van der Waals surface area contributed by atoms with Crippen LogP contribution in [0.4, 0.5) is 23.0 Å². The van der Waals surface area contributed by atoms with E-state index in [1.807, 2.05) is 44.9 Å². The number of rotatable bonds is 12. The molecule has 0 saturated heterocycles. The van der Waals surface area contributed by atoms with Crippen molar-refractivity contribution in [1.29, 1.82) is 5.26 Å². The molecule has 0 bridgehead atoms. The maximum Gasteiger partial charge on any atom is 0.258 e. The Morgan fingerprint density at radius 1 is 1.21 bits per heavy atom. The van der Waals surface area contributed by atoms with Gasteiger partial charge < -0.3 is 25.4 Å². The van der Waals surface area contributed by atoms with E-state index in [4.69, 9.17) is 5.11 Å². The summed E-state index contributed by atoms with van der Waals surface area (Å²) in [5.41, 5.74) is 2.62. The Morgan fingerprint density at radius 2 is 1.97 bits per heavy atom. The van der Waals surface area contributed by atoms with Crippen LogP contribution >= 0.6 is 11.9 Å². The van der Waals surface area contributed by atoms with Crippen LogP contribution in [0.3, 0.4) is 0 Å². The van der Waals surface area contributed by atoms with Crippen LogP contribution < -0.4 is 20.3 Å². The number of aromatic nitrogens is 1. The fraction of sp³-hybridized carbons (Fsp3) is 0.458. The lowest BCUT2D eigenvalue weighted by Gasteiger charge is -2.22. The molecule has 0 radical (unpaired) electrons. The van der Waals surface area contributed by atoms with Gasteiger partial charge in [-0.3, -0.25) is 4.79 Å². The van der Waals surface area contributed by atoms with Gasteiger partial charge in [0.05, 0.1) is 23.4 Å². The molecule has 1 heterocycles. The molecule has 1 aromatic heterocycles. The van der Waals surface area contributed by atoms with Gasteiger partial charge in [-0.1, -0.05) is 39.6 Å². The number of pyridine rings is 1. The van der Waals surface area contributed by atoms with E-state index in [0.29, 0.717) is 35.1 Å². The second kappa shape index (κ2) is 15.8. The van der Waals surface area contributed by atoms with E-state index in [1.54, 1.807) is 18.2 Å². The van der Waals surface area contributed by atoms with Crippen LogP contribution in [0.25, 0.3) is 0 Å². The summed E-state index contributed by atoms with van der Waals surface area (Å²) < 4.78 is 3.19. The standard InChI is InChI=1S/C22H30N6O2S.C2H6/c1-4-10-24-21-16(15-23)6-9-20(25-21)26-22(30)18-8-7-17(27-31-13-12-29)14-19(18)28(3)11-5-2;1-2/h6-9,14,27,29H,4-5,10-13H2,1-3H3,(H2,24,25,26,30);1-2H3. The predicted molar refractivity (Wildman–Crippen MR) is 140 cm³/mol. The number of amides is 1. The average Bonchev–Trinajstić information content (AvgIpc) is 2.84. The van der Waals surface area contributed by atoms with Gasteiger partial charge in [0.25, 0.3) is 5.91 Å². The van der Waals surface area contributed by atoms with Gasteiger partial charge in [-0.15, -0.1) is 0 Å². The molecule has 1 aromatic carbocycles. The molecule has 8 nitrogen and oxygen atoms in total. The number of carbonyl (C=O) groups excluding carboxylic acids is 1. The molecule has 0 aliphatic rings. The largest absolute Gasteiger partial charge is 0.395 e. The average molecular weight is 473 g/mol. The molecular weight excluding hydrogens is 436 g/mol. The first-order valence-corrected chi connectivity index (χ1v) is 12.3. The van der Waals surface area contributed by atoms with Crippen molar-refractivity contribution in [2.24, 2.45) is 0 Å². The molecule has 0 spiro atoms. The number of benzene rings is 1. The third-order valence-electron chi connectivity index (χ3n) is 4.40. The summed E-state index contributed by atoms with van der Waals surface area (Å²) in [5, 5.41) is 24.2. The van der Waals surface area contributed by atoms with Crippen molar-refractivity contribution < 1.29 is 9.90 Å². The van der Waals surface area contributed by atoms with Crippen molar-refractivity contribution >= 4 is 40.9 Å². The maximum atomic E-state index is 13.1. The van der Waals surface area contributed by atoms with E-state index in [1.165, 1.54) is 11.9 Å². The lowest BCUT2D eigenvalue weighted by Crippen LogP contribution is -2.23. The number of nitrogens with zero attached hydrogens (tertiary/aromatic N) is 3. The molecule has 2 aromatic rings. The summed E-state index contributed by atoms with van der Waals surface area (Å²) in [6, 6.07) is 10.9. The van der Waals surface area contributed by atoms with Gasteiger partial charge in [0, 0.05) is 31.6 Å². The lowest BCUT2D eigenvalue weighted by molar-refractivity contribution is 0.102. The number of hydrogen-bond donors (Lipinski definition) is 4. The topological polar surface area (TPSA) is 113 Å². The molecule has 0 aliphatic carbocycles. The van der Waals surface area contributed by atoms with E-state index < -0.39 is 0 Å². The Labute approximate surface area is 201 Å². The van der Waals surface area contributed by atoms with Crippen LogP contribution in [0.1, 0.15) is 56.5 Å². The number of nitrogens with one attached hydrogen (secondary N) is 3. The lowest BCUT2D eigenvalue weighted by atomic mass is 10.1. The molecule has 4 N–H and O–H groups in total. The Hall–Kier alpha value is -2.96. The van der Waals surface area contributed by atoms with Crippen LogP contribution in [0, 0.1) is 11.3 Å². The minimum absolute atomic E-state index is 0.0907. The Balaban J connectivity index is 0.00000265. The molecule has 180 valence electrons. The number of carbonyl (C=O) groups is 1. The van der Waals surface area contributed by atoms with Crippen molar-refractivity contribution in [3.63, 3.8) is 0 Å². The van der Waals surface area contributed by atoms with Crippen molar-refractivity contribution in [3.8, 4) is 6.07 Å². The Morgan fingerprint density at radius 3 is 2.61 bits per heavy atom. The minimum atomic E-state index is -0.272. The minimum Gasteiger partial charge on any atom is -0.395 e. The first-order valence-electron chi connectivity index (χ1n) is 11.3. The zero-order chi connectivity index (χ0) is 24.6. The van der Waals surface area contributed by atoms with Crippen LogP contribution in [0.2, 0.25) is 0 Å². The molecule has 9 heteroatoms. The van der Waals surface area contributed by atoms with Gasteiger partial charge in [0.1, 0.15) is 17.7 Å². The summed E-state index contributed by atoms with van der Waals surface area (Å²) >= 11 is 1.41. The molecule has 2 rings (SSSR count). The summed E-state index contributed by atoms with van der Waals surface area (Å²) in [6.07, 6.45) is 1.84. The van der Waals surface area contributed by atoms with Crippen molar-refractivity contribution in [2.45, 2.75) is 40.5 Å². The number of anilines is 4. The number of aliphatic hydroxyl groups is 1. The summed E-state index contributed by atoms with van der Waals surface area (Å²) in [4.78, 5) is 19.5. The smallest absolute Gasteiger partial charge is 0.258 e. The van der Waals surface area contributed by atoms with Gasteiger partial charge >= 0.3 is 0 Å². The Kier molecular flexibility index (Phi) is 13.4. The quantitative estimate of drug-likeness (QED) is 0.253. The molecule has 0 aliphatic heterocycles. The van der Waals surface area contributed by atoms with E-state index in [9.17, 15) is 10.1 Å². The first kappa shape index (κ1) is 28.1. The van der Waals surface area contributed by atoms with Gasteiger partial charge in [-0.2, -0.15) is 5.26 Å². The molecule has 33 heavy (non-hydrogen) atoms. The summed E-state index contributed by atoms with van der Waals surface area (Å²) in [5.74, 6) is 1.14. The molecule has 0 atom stereocenters. The molecular formula is C24H36N6O2S. The van der Waals surface area contributed by atoms with E-state index in [2.05, 4.69) is 33.3 Å². The monoisotopic (exact) mass is 472 g/mol. The van der Waals surface area contributed by atoms with Gasteiger partial charge in [0.2, 0.25) is 0 Å². The van der Waals surface area contributed by atoms with Gasteiger partial charge in [-0.25, -0.2) is 4.98 Å². The fourth-order valence-corrected chi connectivity index (χ4v) is 3.41. The molecule has 0 fully saturated rings.